The largest absolute Gasteiger partial charge is 0.544 e. The molecule has 0 aromatic carbocycles. The quantitative estimate of drug-likeness (QED) is 0.0268. The van der Waals surface area contributed by atoms with Gasteiger partial charge in [-0.3, -0.25) is 9.59 Å². The number of rotatable bonds is 37. The third-order valence-corrected chi connectivity index (χ3v) is 9.02. The Labute approximate surface area is 342 Å². The summed E-state index contributed by atoms with van der Waals surface area (Å²) in [4.78, 5) is 36.7. The number of carboxylic acid groups (broad SMARTS) is 1. The first-order valence-electron chi connectivity index (χ1n) is 21.6. The summed E-state index contributed by atoms with van der Waals surface area (Å²) in [6.07, 6.45) is 49.1. The van der Waals surface area contributed by atoms with E-state index in [2.05, 4.69) is 98.9 Å². The second-order valence-electron chi connectivity index (χ2n) is 15.2. The maximum Gasteiger partial charge on any atom is 0.306 e. The van der Waals surface area contributed by atoms with Gasteiger partial charge in [0.1, 0.15) is 12.6 Å². The molecule has 0 radical (unpaired) electrons. The van der Waals surface area contributed by atoms with Gasteiger partial charge in [0, 0.05) is 19.3 Å². The molecule has 0 fully saturated rings. The lowest BCUT2D eigenvalue weighted by Crippen LogP contribution is -2.55. The van der Waals surface area contributed by atoms with Crippen molar-refractivity contribution in [1.29, 1.82) is 0 Å². The van der Waals surface area contributed by atoms with E-state index in [-0.39, 0.29) is 55.5 Å². The van der Waals surface area contributed by atoms with E-state index in [4.69, 9.17) is 14.2 Å². The third kappa shape index (κ3) is 36.2. The highest BCUT2D eigenvalue weighted by molar-refractivity contribution is 5.70. The van der Waals surface area contributed by atoms with Gasteiger partial charge in [-0.25, -0.2) is 0 Å². The van der Waals surface area contributed by atoms with Gasteiger partial charge in [-0.15, -0.1) is 0 Å². The smallest absolute Gasteiger partial charge is 0.306 e. The molecule has 0 amide bonds. The van der Waals surface area contributed by atoms with Crippen LogP contribution in [0.3, 0.4) is 0 Å². The Morgan fingerprint density at radius 2 is 1.02 bits per heavy atom. The summed E-state index contributed by atoms with van der Waals surface area (Å²) in [5, 5.41) is 11.6. The molecule has 2 unspecified atom stereocenters. The minimum Gasteiger partial charge on any atom is -0.544 e. The molecule has 0 aliphatic rings. The zero-order chi connectivity index (χ0) is 41.4. The van der Waals surface area contributed by atoms with E-state index in [1.807, 2.05) is 0 Å². The van der Waals surface area contributed by atoms with Gasteiger partial charge in [0.25, 0.3) is 0 Å². The van der Waals surface area contributed by atoms with Crippen LogP contribution in [0.1, 0.15) is 149 Å². The van der Waals surface area contributed by atoms with Crippen LogP contribution in [0, 0.1) is 0 Å². The number of nitrogens with zero attached hydrogens (tertiary/aromatic N) is 1. The first kappa shape index (κ1) is 52.5. The summed E-state index contributed by atoms with van der Waals surface area (Å²) in [5.74, 6) is -1.83. The highest BCUT2D eigenvalue weighted by atomic mass is 16.6. The second-order valence-corrected chi connectivity index (χ2v) is 15.2. The summed E-state index contributed by atoms with van der Waals surface area (Å²) in [5.41, 5.74) is 0. The van der Waals surface area contributed by atoms with E-state index in [1.54, 1.807) is 21.1 Å². The lowest BCUT2D eigenvalue weighted by molar-refractivity contribution is -0.889. The Morgan fingerprint density at radius 3 is 1.54 bits per heavy atom. The van der Waals surface area contributed by atoms with E-state index in [9.17, 15) is 19.5 Å². The highest BCUT2D eigenvalue weighted by Crippen LogP contribution is 2.11. The van der Waals surface area contributed by atoms with Gasteiger partial charge >= 0.3 is 11.9 Å². The standard InChI is InChI=1S/C48H79NO7/c1-6-8-10-12-14-16-17-18-19-20-21-22-23-24-25-26-27-28-29-31-33-35-37-39-47(51)56-44(42-54-41-40-45(48(52)53)49(3,4)5)43-55-46(50)38-36-34-32-30-15-13-11-9-7-2/h8,10,14,16,18-19,21-22,24-25,27-28,30,32,44-45H,6-7,9,11-13,15,17,20,23,26,29,31,33-43H2,1-5H3/b10-8+,16-14+,19-18+,22-21+,25-24+,28-27+,32-30+. The number of carbonyl (C=O) groups excluding carboxylic acids is 3. The van der Waals surface area contributed by atoms with Crippen molar-refractivity contribution in [2.45, 2.75) is 161 Å². The monoisotopic (exact) mass is 782 g/mol. The highest BCUT2D eigenvalue weighted by Gasteiger charge is 2.25. The Morgan fingerprint density at radius 1 is 0.554 bits per heavy atom. The minimum absolute atomic E-state index is 0.0165. The maximum atomic E-state index is 12.7. The van der Waals surface area contributed by atoms with Crippen molar-refractivity contribution in [3.8, 4) is 0 Å². The molecule has 0 spiro atoms. The summed E-state index contributed by atoms with van der Waals surface area (Å²) in [6, 6.07) is -0.737. The Hall–Kier alpha value is -3.49. The van der Waals surface area contributed by atoms with Crippen LogP contribution < -0.4 is 5.11 Å². The van der Waals surface area contributed by atoms with Crippen LogP contribution >= 0.6 is 0 Å². The Bertz CT molecular complexity index is 1190. The lowest BCUT2D eigenvalue weighted by Gasteiger charge is -2.34. The molecule has 0 bridgehead atoms. The van der Waals surface area contributed by atoms with Gasteiger partial charge in [-0.1, -0.05) is 131 Å². The Balaban J connectivity index is 4.38. The van der Waals surface area contributed by atoms with E-state index in [0.717, 1.165) is 83.5 Å². The second kappa shape index (κ2) is 38.4. The number of ether oxygens (including phenoxy) is 3. The van der Waals surface area contributed by atoms with Gasteiger partial charge in [-0.2, -0.15) is 0 Å². The average Bonchev–Trinajstić information content (AvgIpc) is 3.15. The number of carboxylic acids is 1. The molecule has 0 N–H and O–H groups in total. The SMILES string of the molecule is CC/C=C/C/C=C/C/C=C/C/C=C/C/C=C/C/C=C/CCCCCCC(=O)OC(COCCC(C(=O)[O-])[N+](C)(C)C)COC(=O)CCC/C=C/CCCCCC. The van der Waals surface area contributed by atoms with E-state index in [1.165, 1.54) is 25.7 Å². The van der Waals surface area contributed by atoms with Gasteiger partial charge in [0.15, 0.2) is 6.10 Å². The number of hydrogen-bond acceptors (Lipinski definition) is 7. The van der Waals surface area contributed by atoms with Crippen molar-refractivity contribution in [2.24, 2.45) is 0 Å². The molecule has 2 atom stereocenters. The van der Waals surface area contributed by atoms with Crippen LogP contribution in [0.2, 0.25) is 0 Å². The summed E-state index contributed by atoms with van der Waals surface area (Å²) >= 11 is 0. The zero-order valence-corrected chi connectivity index (χ0v) is 36.0. The first-order chi connectivity index (χ1) is 27.1. The number of carbonyl (C=O) groups is 3. The van der Waals surface area contributed by atoms with Crippen molar-refractivity contribution in [1.82, 2.24) is 0 Å². The van der Waals surface area contributed by atoms with Crippen molar-refractivity contribution in [2.75, 3.05) is 41.0 Å². The normalized spacial score (nSPS) is 13.8. The number of aliphatic carboxylic acids is 1. The van der Waals surface area contributed by atoms with Crippen LogP contribution in [0.15, 0.2) is 85.1 Å². The van der Waals surface area contributed by atoms with Crippen LogP contribution in [0.5, 0.6) is 0 Å². The molecule has 0 aromatic rings. The number of esters is 2. The molecule has 318 valence electrons. The lowest BCUT2D eigenvalue weighted by atomic mass is 10.1. The molecule has 8 heteroatoms. The molecule has 0 heterocycles. The molecule has 0 rings (SSSR count). The van der Waals surface area contributed by atoms with Crippen LogP contribution in [0.4, 0.5) is 0 Å². The molecule has 0 aliphatic carbocycles. The summed E-state index contributed by atoms with van der Waals surface area (Å²) in [7, 11) is 5.37. The minimum atomic E-state index is -1.14. The fraction of sp³-hybridized carbons (Fsp3) is 0.646. The zero-order valence-electron chi connectivity index (χ0n) is 36.0. The predicted octanol–water partition coefficient (Wildman–Crippen LogP) is 10.4. The van der Waals surface area contributed by atoms with Crippen LogP contribution in [-0.4, -0.2) is 75.5 Å². The third-order valence-electron chi connectivity index (χ3n) is 9.02. The molecular weight excluding hydrogens is 703 g/mol. The van der Waals surface area contributed by atoms with Gasteiger partial charge < -0.3 is 28.6 Å². The number of hydrogen-bond donors (Lipinski definition) is 0. The number of quaternary nitrogens is 1. The number of allylic oxidation sites excluding steroid dienone is 14. The molecule has 0 aliphatic heterocycles. The fourth-order valence-electron chi connectivity index (χ4n) is 5.66. The van der Waals surface area contributed by atoms with Crippen molar-refractivity contribution >= 4 is 17.9 Å². The van der Waals surface area contributed by atoms with E-state index >= 15 is 0 Å². The number of likely N-dealkylation sites (N-methyl/N-ethyl adjacent to an activating group) is 1. The predicted molar refractivity (Wildman–Crippen MR) is 231 cm³/mol. The summed E-state index contributed by atoms with van der Waals surface area (Å²) < 4.78 is 17.0. The van der Waals surface area contributed by atoms with Gasteiger partial charge in [0.2, 0.25) is 0 Å². The van der Waals surface area contributed by atoms with Gasteiger partial charge in [-0.05, 0) is 83.5 Å². The molecule has 56 heavy (non-hydrogen) atoms. The van der Waals surface area contributed by atoms with Gasteiger partial charge in [0.05, 0.1) is 40.3 Å². The Kier molecular flexibility index (Phi) is 36.0. The molecule has 0 saturated heterocycles. The summed E-state index contributed by atoms with van der Waals surface area (Å²) in [6.45, 7) is 4.43. The molecular formula is C48H79NO7. The fourth-order valence-corrected chi connectivity index (χ4v) is 5.66. The first-order valence-corrected chi connectivity index (χ1v) is 21.6. The van der Waals surface area contributed by atoms with Crippen molar-refractivity contribution < 1.29 is 38.2 Å². The van der Waals surface area contributed by atoms with Crippen LogP contribution in [0.25, 0.3) is 0 Å². The van der Waals surface area contributed by atoms with Crippen molar-refractivity contribution in [3.63, 3.8) is 0 Å². The molecule has 8 nitrogen and oxygen atoms in total. The molecule has 0 saturated carbocycles. The van der Waals surface area contributed by atoms with Crippen molar-refractivity contribution in [3.05, 3.63) is 85.1 Å². The number of unbranched alkanes of at least 4 members (excludes halogenated alkanes) is 9. The topological polar surface area (TPSA) is 102 Å². The average molecular weight is 782 g/mol. The van der Waals surface area contributed by atoms with E-state index in [0.29, 0.717) is 6.42 Å². The maximum absolute atomic E-state index is 12.7. The molecule has 0 aromatic heterocycles. The van der Waals surface area contributed by atoms with E-state index < -0.39 is 18.1 Å². The van der Waals surface area contributed by atoms with Crippen LogP contribution in [-0.2, 0) is 28.6 Å².